The molecule has 0 bridgehead atoms. The molecule has 1 nitrogen and oxygen atoms in total. The van der Waals surface area contributed by atoms with Crippen molar-refractivity contribution >= 4 is 22.9 Å². The maximum absolute atomic E-state index is 12.3. The van der Waals surface area contributed by atoms with Crippen LogP contribution in [0.25, 0.3) is 6.08 Å². The summed E-state index contributed by atoms with van der Waals surface area (Å²) in [5.74, 6) is 0. The molecule has 15 heavy (non-hydrogen) atoms. The number of carbonyl (C=O) groups excluding carboxylic acids is 1. The number of rotatable bonds is 2. The lowest BCUT2D eigenvalue weighted by molar-refractivity contribution is -0.122. The number of carbonyl (C=O) groups is 1. The van der Waals surface area contributed by atoms with Gasteiger partial charge in [-0.15, -0.1) is 0 Å². The molecule has 0 aliphatic carbocycles. The maximum atomic E-state index is 12.3. The van der Waals surface area contributed by atoms with Gasteiger partial charge < -0.3 is 0 Å². The first kappa shape index (κ1) is 11.8. The van der Waals surface area contributed by atoms with Gasteiger partial charge in [-0.3, -0.25) is 4.79 Å². The predicted molar refractivity (Wildman–Crippen MR) is 51.3 cm³/mol. The summed E-state index contributed by atoms with van der Waals surface area (Å²) in [7, 11) is 0. The highest BCUT2D eigenvalue weighted by molar-refractivity contribution is 6.68. The Balaban J connectivity index is 3.12. The van der Waals surface area contributed by atoms with Crippen LogP contribution in [0.1, 0.15) is 5.56 Å². The van der Waals surface area contributed by atoms with E-state index in [1.807, 2.05) is 0 Å². The van der Waals surface area contributed by atoms with E-state index in [1.54, 1.807) is 18.2 Å². The molecule has 0 unspecified atom stereocenters. The second kappa shape index (κ2) is 4.49. The Bertz CT molecular complexity index is 381. The number of halogens is 4. The molecule has 0 aliphatic heterocycles. The lowest BCUT2D eigenvalue weighted by atomic mass is 10.1. The minimum Gasteiger partial charge on any atom is -0.276 e. The van der Waals surface area contributed by atoms with Crippen molar-refractivity contribution in [3.05, 3.63) is 41.5 Å². The number of hydrogen-bond acceptors (Lipinski definition) is 1. The summed E-state index contributed by atoms with van der Waals surface area (Å²) in [5, 5.41) is -1.51. The minimum atomic E-state index is -4.73. The van der Waals surface area contributed by atoms with Crippen molar-refractivity contribution in [2.75, 3.05) is 0 Å². The third-order valence-corrected chi connectivity index (χ3v) is 1.83. The van der Waals surface area contributed by atoms with Crippen molar-refractivity contribution < 1.29 is 18.0 Å². The van der Waals surface area contributed by atoms with Gasteiger partial charge in [0.15, 0.2) is 0 Å². The van der Waals surface area contributed by atoms with E-state index in [0.717, 1.165) is 6.08 Å². The van der Waals surface area contributed by atoms with E-state index in [1.165, 1.54) is 12.1 Å². The fraction of sp³-hybridized carbons (Fsp3) is 0.100. The topological polar surface area (TPSA) is 17.1 Å². The largest absolute Gasteiger partial charge is 0.421 e. The van der Waals surface area contributed by atoms with Crippen molar-refractivity contribution in [2.45, 2.75) is 6.18 Å². The van der Waals surface area contributed by atoms with Gasteiger partial charge in [-0.25, -0.2) is 0 Å². The zero-order valence-electron chi connectivity index (χ0n) is 7.38. The molecule has 0 N–H and O–H groups in total. The molecule has 0 amide bonds. The molecule has 1 aromatic carbocycles. The Morgan fingerprint density at radius 1 is 1.20 bits per heavy atom. The quantitative estimate of drug-likeness (QED) is 0.566. The second-order valence-corrected chi connectivity index (χ2v) is 3.08. The van der Waals surface area contributed by atoms with Crippen LogP contribution >= 0.6 is 11.6 Å². The van der Waals surface area contributed by atoms with Crippen LogP contribution < -0.4 is 0 Å². The Hall–Kier alpha value is -1.29. The summed E-state index contributed by atoms with van der Waals surface area (Å²) >= 11 is 4.85. The molecule has 0 saturated heterocycles. The molecule has 1 aromatic rings. The van der Waals surface area contributed by atoms with Gasteiger partial charge in [-0.05, 0) is 23.2 Å². The monoisotopic (exact) mass is 234 g/mol. The van der Waals surface area contributed by atoms with Crippen LogP contribution in [0.5, 0.6) is 0 Å². The number of benzene rings is 1. The molecule has 5 heteroatoms. The lowest BCUT2D eigenvalue weighted by Gasteiger charge is -2.06. The van der Waals surface area contributed by atoms with Crippen molar-refractivity contribution in [2.24, 2.45) is 0 Å². The Labute approximate surface area is 89.2 Å². The molecular formula is C10H6ClF3O. The van der Waals surface area contributed by atoms with Gasteiger partial charge in [0, 0.05) is 0 Å². The van der Waals surface area contributed by atoms with Gasteiger partial charge in [-0.1, -0.05) is 30.3 Å². The molecule has 0 saturated carbocycles. The first-order valence-electron chi connectivity index (χ1n) is 3.95. The van der Waals surface area contributed by atoms with E-state index in [-0.39, 0.29) is 5.56 Å². The van der Waals surface area contributed by atoms with Gasteiger partial charge in [0.25, 0.3) is 5.24 Å². The average molecular weight is 235 g/mol. The highest BCUT2D eigenvalue weighted by Gasteiger charge is 2.37. The van der Waals surface area contributed by atoms with E-state index in [0.29, 0.717) is 0 Å². The lowest BCUT2D eigenvalue weighted by Crippen LogP contribution is -2.16. The van der Waals surface area contributed by atoms with E-state index in [4.69, 9.17) is 11.6 Å². The third kappa shape index (κ3) is 3.40. The predicted octanol–water partition coefficient (Wildman–Crippen LogP) is 3.40. The summed E-state index contributed by atoms with van der Waals surface area (Å²) in [6, 6.07) is 7.70. The molecule has 0 aromatic heterocycles. The van der Waals surface area contributed by atoms with Gasteiger partial charge in [-0.2, -0.15) is 13.2 Å². The smallest absolute Gasteiger partial charge is 0.276 e. The van der Waals surface area contributed by atoms with Crippen LogP contribution in [-0.2, 0) is 4.79 Å². The SMILES string of the molecule is O=C(Cl)/C(=C\c1ccccc1)C(F)(F)F. The number of alkyl halides is 3. The van der Waals surface area contributed by atoms with Crippen LogP contribution in [-0.4, -0.2) is 11.4 Å². The fourth-order valence-corrected chi connectivity index (χ4v) is 1.13. The number of hydrogen-bond donors (Lipinski definition) is 0. The fourth-order valence-electron chi connectivity index (χ4n) is 0.966. The average Bonchev–Trinajstić information content (AvgIpc) is 2.13. The third-order valence-electron chi connectivity index (χ3n) is 1.63. The molecule has 0 fully saturated rings. The molecule has 0 aliphatic rings. The van der Waals surface area contributed by atoms with Crippen LogP contribution in [0.4, 0.5) is 13.2 Å². The minimum absolute atomic E-state index is 0.277. The molecule has 0 heterocycles. The zero-order chi connectivity index (χ0) is 11.5. The van der Waals surface area contributed by atoms with E-state index in [9.17, 15) is 18.0 Å². The zero-order valence-corrected chi connectivity index (χ0v) is 8.14. The Morgan fingerprint density at radius 2 is 1.73 bits per heavy atom. The standard InChI is InChI=1S/C10H6ClF3O/c11-9(15)8(10(12,13)14)6-7-4-2-1-3-5-7/h1-6H/b8-6+. The second-order valence-electron chi connectivity index (χ2n) is 2.74. The van der Waals surface area contributed by atoms with Crippen LogP contribution in [0.3, 0.4) is 0 Å². The van der Waals surface area contributed by atoms with Gasteiger partial charge >= 0.3 is 6.18 Å². The van der Waals surface area contributed by atoms with Gasteiger partial charge in [0.1, 0.15) is 5.57 Å². The molecule has 0 radical (unpaired) electrons. The summed E-state index contributed by atoms with van der Waals surface area (Å²) in [5.41, 5.74) is -1.09. The maximum Gasteiger partial charge on any atom is 0.421 e. The first-order valence-corrected chi connectivity index (χ1v) is 4.33. The van der Waals surface area contributed by atoms with Crippen LogP contribution in [0.15, 0.2) is 35.9 Å². The van der Waals surface area contributed by atoms with E-state index in [2.05, 4.69) is 0 Å². The molecule has 0 spiro atoms. The summed E-state index contributed by atoms with van der Waals surface area (Å²) in [6.45, 7) is 0. The highest BCUT2D eigenvalue weighted by Crippen LogP contribution is 2.29. The summed E-state index contributed by atoms with van der Waals surface area (Å²) < 4.78 is 36.8. The molecule has 0 atom stereocenters. The van der Waals surface area contributed by atoms with Crippen LogP contribution in [0, 0.1) is 0 Å². The highest BCUT2D eigenvalue weighted by atomic mass is 35.5. The van der Waals surface area contributed by atoms with E-state index < -0.39 is 17.0 Å². The van der Waals surface area contributed by atoms with E-state index >= 15 is 0 Å². The Kier molecular flexibility index (Phi) is 3.52. The van der Waals surface area contributed by atoms with Crippen molar-refractivity contribution in [3.8, 4) is 0 Å². The van der Waals surface area contributed by atoms with Crippen molar-refractivity contribution in [1.82, 2.24) is 0 Å². The van der Waals surface area contributed by atoms with Crippen LogP contribution in [0.2, 0.25) is 0 Å². The molecule has 80 valence electrons. The molecule has 1 rings (SSSR count). The first-order chi connectivity index (χ1) is 6.91. The molecular weight excluding hydrogens is 229 g/mol. The normalized spacial score (nSPS) is 12.7. The number of allylic oxidation sites excluding steroid dienone is 1. The van der Waals surface area contributed by atoms with Crippen molar-refractivity contribution in [3.63, 3.8) is 0 Å². The van der Waals surface area contributed by atoms with Crippen molar-refractivity contribution in [1.29, 1.82) is 0 Å². The van der Waals surface area contributed by atoms with Gasteiger partial charge in [0.2, 0.25) is 0 Å². The van der Waals surface area contributed by atoms with Gasteiger partial charge in [0.05, 0.1) is 0 Å². The summed E-state index contributed by atoms with van der Waals surface area (Å²) in [6.07, 6.45) is -4.01. The Morgan fingerprint density at radius 3 is 2.13 bits per heavy atom. The summed E-state index contributed by atoms with van der Waals surface area (Å²) in [4.78, 5) is 10.6.